The lowest BCUT2D eigenvalue weighted by Crippen LogP contribution is -2.33. The number of hydrogen-bond donors (Lipinski definition) is 0. The summed E-state index contributed by atoms with van der Waals surface area (Å²) in [6, 6.07) is 55.2. The summed E-state index contributed by atoms with van der Waals surface area (Å²) in [6.07, 6.45) is 5.72. The molecule has 7 aromatic rings. The average Bonchev–Trinajstić information content (AvgIpc) is 3.57. The Balaban J connectivity index is 1.20. The van der Waals surface area contributed by atoms with E-state index in [0.717, 1.165) is 6.42 Å². The third-order valence-corrected chi connectivity index (χ3v) is 11.1. The molecule has 3 aliphatic carbocycles. The molecule has 1 atom stereocenters. The van der Waals surface area contributed by atoms with Gasteiger partial charge in [-0.1, -0.05) is 126 Å². The zero-order valence-electron chi connectivity index (χ0n) is 27.2. The van der Waals surface area contributed by atoms with Crippen LogP contribution in [0.4, 0.5) is 11.4 Å². The molecule has 1 unspecified atom stereocenters. The molecule has 0 fully saturated rings. The minimum absolute atomic E-state index is 0.187. The largest absolute Gasteiger partial charge is 0.334 e. The predicted octanol–water partition coefficient (Wildman–Crippen LogP) is 11.6. The van der Waals surface area contributed by atoms with E-state index in [2.05, 4.69) is 176 Å². The lowest BCUT2D eigenvalue weighted by atomic mass is 9.69. The van der Waals surface area contributed by atoms with Crippen molar-refractivity contribution in [2.24, 2.45) is 0 Å². The van der Waals surface area contributed by atoms with Gasteiger partial charge in [-0.3, -0.25) is 0 Å². The van der Waals surface area contributed by atoms with E-state index in [1.807, 2.05) is 0 Å². The Morgan fingerprint density at radius 3 is 1.65 bits per heavy atom. The zero-order chi connectivity index (χ0) is 32.0. The second kappa shape index (κ2) is 10.2. The molecule has 0 heterocycles. The van der Waals surface area contributed by atoms with Crippen LogP contribution in [0.15, 0.2) is 152 Å². The minimum Gasteiger partial charge on any atom is -0.334 e. The van der Waals surface area contributed by atoms with Crippen LogP contribution in [0.5, 0.6) is 0 Å². The predicted molar refractivity (Wildman–Crippen MR) is 201 cm³/mol. The summed E-state index contributed by atoms with van der Waals surface area (Å²) < 4.78 is 0. The van der Waals surface area contributed by atoms with E-state index in [4.69, 9.17) is 0 Å². The second-order valence-corrected chi connectivity index (χ2v) is 13.9. The van der Waals surface area contributed by atoms with Crippen LogP contribution in [0.25, 0.3) is 39.1 Å². The van der Waals surface area contributed by atoms with Gasteiger partial charge in [-0.15, -0.1) is 0 Å². The average molecular weight is 614 g/mol. The van der Waals surface area contributed by atoms with Crippen LogP contribution in [0.1, 0.15) is 44.5 Å². The van der Waals surface area contributed by atoms with E-state index >= 15 is 0 Å². The Labute approximate surface area is 282 Å². The SMILES string of the molecule is Cc1ccc(N(c2ccc(C)cc2)C2C=Cc3cc4c(cc3C2)C2(c3ccccc3-c3ccccc32)c2cc3ccccc3cc2-4)cc1. The molecule has 10 rings (SSSR count). The van der Waals surface area contributed by atoms with Gasteiger partial charge in [0.1, 0.15) is 0 Å². The van der Waals surface area contributed by atoms with Crippen LogP contribution in [-0.2, 0) is 11.8 Å². The summed E-state index contributed by atoms with van der Waals surface area (Å²) in [4.78, 5) is 2.52. The number of hydrogen-bond acceptors (Lipinski definition) is 1. The fraction of sp³-hybridized carbons (Fsp3) is 0.106. The van der Waals surface area contributed by atoms with Crippen LogP contribution in [0.2, 0.25) is 0 Å². The molecule has 0 aliphatic heterocycles. The van der Waals surface area contributed by atoms with E-state index < -0.39 is 0 Å². The Hall–Kier alpha value is -5.66. The highest BCUT2D eigenvalue weighted by molar-refractivity contribution is 6.00. The maximum atomic E-state index is 2.58. The van der Waals surface area contributed by atoms with Crippen molar-refractivity contribution in [3.8, 4) is 22.3 Å². The van der Waals surface area contributed by atoms with Gasteiger partial charge in [-0.25, -0.2) is 0 Å². The molecule has 3 aliphatic rings. The van der Waals surface area contributed by atoms with Gasteiger partial charge in [0, 0.05) is 11.4 Å². The maximum Gasteiger partial charge on any atom is 0.0725 e. The highest BCUT2D eigenvalue weighted by Crippen LogP contribution is 2.63. The van der Waals surface area contributed by atoms with Gasteiger partial charge in [0.05, 0.1) is 11.5 Å². The molecule has 0 amide bonds. The third kappa shape index (κ3) is 3.79. The molecule has 7 aromatic carbocycles. The Bertz CT molecular complexity index is 2350. The number of rotatable bonds is 3. The van der Waals surface area contributed by atoms with Gasteiger partial charge < -0.3 is 4.90 Å². The zero-order valence-corrected chi connectivity index (χ0v) is 27.2. The standard InChI is InChI=1S/C47H35N/c1-30-15-20-36(21-16-30)48(37-22-17-31(2)18-23-37)38-24-19-34-27-42-41-26-32-9-3-4-10-33(32)28-45(41)47(46(42)29-35(34)25-38)43-13-7-5-11-39(43)40-12-6-8-14-44(40)47/h3-24,26-29,38H,25H2,1-2H3. The lowest BCUT2D eigenvalue weighted by molar-refractivity contribution is 0.756. The molecule has 1 spiro atoms. The summed E-state index contributed by atoms with van der Waals surface area (Å²) in [5, 5.41) is 2.58. The minimum atomic E-state index is -0.360. The first kappa shape index (κ1) is 27.5. The smallest absolute Gasteiger partial charge is 0.0725 e. The summed E-state index contributed by atoms with van der Waals surface area (Å²) >= 11 is 0. The molecule has 0 saturated heterocycles. The molecule has 0 saturated carbocycles. The van der Waals surface area contributed by atoms with Gasteiger partial charge in [-0.05, 0) is 129 Å². The van der Waals surface area contributed by atoms with E-state index in [1.165, 1.54) is 88.9 Å². The Kier molecular flexibility index (Phi) is 5.82. The van der Waals surface area contributed by atoms with E-state index in [1.54, 1.807) is 0 Å². The van der Waals surface area contributed by atoms with Crippen LogP contribution in [0.3, 0.4) is 0 Å². The van der Waals surface area contributed by atoms with Crippen molar-refractivity contribution in [3.05, 3.63) is 196 Å². The molecular formula is C47H35N. The number of anilines is 2. The molecule has 228 valence electrons. The summed E-state index contributed by atoms with van der Waals surface area (Å²) in [7, 11) is 0. The van der Waals surface area contributed by atoms with Gasteiger partial charge >= 0.3 is 0 Å². The van der Waals surface area contributed by atoms with E-state index in [0.29, 0.717) is 0 Å². The lowest BCUT2D eigenvalue weighted by Gasteiger charge is -2.35. The molecule has 0 N–H and O–H groups in total. The first-order valence-corrected chi connectivity index (χ1v) is 17.1. The van der Waals surface area contributed by atoms with E-state index in [-0.39, 0.29) is 11.5 Å². The van der Waals surface area contributed by atoms with E-state index in [9.17, 15) is 0 Å². The number of benzene rings is 7. The number of aryl methyl sites for hydroxylation is 2. The molecule has 0 bridgehead atoms. The van der Waals surface area contributed by atoms with Crippen molar-refractivity contribution in [1.82, 2.24) is 0 Å². The summed E-state index contributed by atoms with van der Waals surface area (Å²) in [6.45, 7) is 4.32. The topological polar surface area (TPSA) is 3.24 Å². The normalized spacial score (nSPS) is 15.9. The van der Waals surface area contributed by atoms with Crippen molar-refractivity contribution >= 4 is 28.2 Å². The molecule has 1 heteroatoms. The van der Waals surface area contributed by atoms with Crippen molar-refractivity contribution in [1.29, 1.82) is 0 Å². The van der Waals surface area contributed by atoms with Crippen LogP contribution >= 0.6 is 0 Å². The Morgan fingerprint density at radius 1 is 0.500 bits per heavy atom. The van der Waals surface area contributed by atoms with Crippen molar-refractivity contribution < 1.29 is 0 Å². The molecule has 0 aromatic heterocycles. The molecule has 48 heavy (non-hydrogen) atoms. The van der Waals surface area contributed by atoms with Crippen LogP contribution in [-0.4, -0.2) is 6.04 Å². The molecule has 0 radical (unpaired) electrons. The van der Waals surface area contributed by atoms with Crippen molar-refractivity contribution in [2.75, 3.05) is 4.90 Å². The maximum absolute atomic E-state index is 2.58. The van der Waals surface area contributed by atoms with Crippen LogP contribution in [0, 0.1) is 13.8 Å². The van der Waals surface area contributed by atoms with Crippen molar-refractivity contribution in [2.45, 2.75) is 31.7 Å². The fourth-order valence-corrected chi connectivity index (χ4v) is 8.89. The quantitative estimate of drug-likeness (QED) is 0.192. The van der Waals surface area contributed by atoms with Crippen molar-refractivity contribution in [3.63, 3.8) is 0 Å². The first-order valence-electron chi connectivity index (χ1n) is 17.1. The number of fused-ring (bicyclic) bond motifs is 12. The third-order valence-electron chi connectivity index (χ3n) is 11.1. The Morgan fingerprint density at radius 2 is 1.02 bits per heavy atom. The fourth-order valence-electron chi connectivity index (χ4n) is 8.89. The molecule has 1 nitrogen and oxygen atoms in total. The second-order valence-electron chi connectivity index (χ2n) is 13.9. The van der Waals surface area contributed by atoms with Gasteiger partial charge in [-0.2, -0.15) is 0 Å². The van der Waals surface area contributed by atoms with Gasteiger partial charge in [0.2, 0.25) is 0 Å². The molecular weight excluding hydrogens is 579 g/mol. The summed E-state index contributed by atoms with van der Waals surface area (Å²) in [5.74, 6) is 0. The number of nitrogens with zero attached hydrogens (tertiary/aromatic N) is 1. The first-order chi connectivity index (χ1) is 23.6. The summed E-state index contributed by atoms with van der Waals surface area (Å²) in [5.41, 5.74) is 18.4. The van der Waals surface area contributed by atoms with Crippen LogP contribution < -0.4 is 4.90 Å². The highest BCUT2D eigenvalue weighted by Gasteiger charge is 2.52. The van der Waals surface area contributed by atoms with Gasteiger partial charge in [0.15, 0.2) is 0 Å². The monoisotopic (exact) mass is 613 g/mol. The highest BCUT2D eigenvalue weighted by atomic mass is 15.2. The van der Waals surface area contributed by atoms with Gasteiger partial charge in [0.25, 0.3) is 0 Å².